The summed E-state index contributed by atoms with van der Waals surface area (Å²) in [6.45, 7) is 13.5. The second-order valence-corrected chi connectivity index (χ2v) is 16.4. The standard InChI is InChI=1S/C34H40N2O3Si/c1-33(2,3)39-32(37)35-28-22-23-36(25-27-16-10-7-11-17-27)29(24-28)26-38-40(34(4,5)6,30-18-12-8-13-19-30)31-20-14-9-15-21-31/h7-24H,25-26H2,1-6H3/p+1. The van der Waals surface area contributed by atoms with Crippen molar-refractivity contribution >= 4 is 30.5 Å². The van der Waals surface area contributed by atoms with E-state index in [-0.39, 0.29) is 5.04 Å². The summed E-state index contributed by atoms with van der Waals surface area (Å²) in [5.41, 5.74) is 2.23. The van der Waals surface area contributed by atoms with Crippen LogP contribution in [0.3, 0.4) is 0 Å². The van der Waals surface area contributed by atoms with E-state index in [0.29, 0.717) is 18.8 Å². The van der Waals surface area contributed by atoms with E-state index in [0.717, 1.165) is 5.69 Å². The molecule has 4 aromatic rings. The number of aromatic nitrogens is 1. The number of pyridine rings is 1. The molecule has 1 N–H and O–H groups in total. The molecule has 0 saturated carbocycles. The lowest BCUT2D eigenvalue weighted by Gasteiger charge is -2.42. The van der Waals surface area contributed by atoms with Gasteiger partial charge < -0.3 is 9.16 Å². The summed E-state index contributed by atoms with van der Waals surface area (Å²) in [6, 6.07) is 35.5. The lowest BCUT2D eigenvalue weighted by Crippen LogP contribution is -2.66. The van der Waals surface area contributed by atoms with E-state index >= 15 is 0 Å². The number of carbonyl (C=O) groups excluding carboxylic acids is 1. The first kappa shape index (κ1) is 29.2. The van der Waals surface area contributed by atoms with Crippen LogP contribution in [0.15, 0.2) is 109 Å². The molecular formula is C34H41N2O3Si+. The van der Waals surface area contributed by atoms with Crippen molar-refractivity contribution in [3.63, 3.8) is 0 Å². The molecule has 0 aliphatic rings. The number of rotatable bonds is 8. The van der Waals surface area contributed by atoms with E-state index < -0.39 is 20.0 Å². The van der Waals surface area contributed by atoms with Crippen LogP contribution in [-0.2, 0) is 22.3 Å². The fourth-order valence-corrected chi connectivity index (χ4v) is 9.60. The Morgan fingerprint density at radius 1 is 0.775 bits per heavy atom. The molecule has 0 bridgehead atoms. The topological polar surface area (TPSA) is 51.4 Å². The van der Waals surface area contributed by atoms with Crippen LogP contribution in [-0.4, -0.2) is 20.0 Å². The normalized spacial score (nSPS) is 12.2. The molecule has 0 radical (unpaired) electrons. The molecule has 5 nitrogen and oxygen atoms in total. The molecule has 1 heterocycles. The van der Waals surface area contributed by atoms with Gasteiger partial charge in [-0.1, -0.05) is 112 Å². The van der Waals surface area contributed by atoms with Crippen molar-refractivity contribution in [2.24, 2.45) is 0 Å². The summed E-state index contributed by atoms with van der Waals surface area (Å²) >= 11 is 0. The van der Waals surface area contributed by atoms with Crippen molar-refractivity contribution in [3.05, 3.63) is 121 Å². The third-order valence-electron chi connectivity index (χ3n) is 6.82. The summed E-state index contributed by atoms with van der Waals surface area (Å²) in [5.74, 6) is 0. The highest BCUT2D eigenvalue weighted by Gasteiger charge is 2.50. The highest BCUT2D eigenvalue weighted by atomic mass is 28.4. The number of nitrogens with one attached hydrogen (secondary N) is 1. The molecular weight excluding hydrogens is 512 g/mol. The number of ether oxygens (including phenoxy) is 1. The first-order valence-corrected chi connectivity index (χ1v) is 15.7. The van der Waals surface area contributed by atoms with Gasteiger partial charge in [-0.15, -0.1) is 0 Å². The van der Waals surface area contributed by atoms with Crippen LogP contribution in [0.1, 0.15) is 52.8 Å². The van der Waals surface area contributed by atoms with Gasteiger partial charge in [0.1, 0.15) is 12.2 Å². The predicted octanol–water partition coefficient (Wildman–Crippen LogP) is 6.45. The van der Waals surface area contributed by atoms with Gasteiger partial charge in [-0.05, 0) is 36.2 Å². The van der Waals surface area contributed by atoms with Gasteiger partial charge in [-0.25, -0.2) is 4.79 Å². The first-order chi connectivity index (χ1) is 19.0. The van der Waals surface area contributed by atoms with E-state index in [9.17, 15) is 4.79 Å². The Hall–Kier alpha value is -3.74. The summed E-state index contributed by atoms with van der Waals surface area (Å²) < 4.78 is 14.9. The largest absolute Gasteiger partial charge is 0.444 e. The summed E-state index contributed by atoms with van der Waals surface area (Å²) in [6.07, 6.45) is 1.52. The molecule has 0 aliphatic carbocycles. The molecule has 0 fully saturated rings. The molecule has 3 aromatic carbocycles. The Kier molecular flexibility index (Phi) is 8.91. The molecule has 0 spiro atoms. The van der Waals surface area contributed by atoms with Gasteiger partial charge in [0.15, 0.2) is 12.7 Å². The minimum atomic E-state index is -2.75. The van der Waals surface area contributed by atoms with Crippen molar-refractivity contribution in [1.82, 2.24) is 0 Å². The molecule has 40 heavy (non-hydrogen) atoms. The monoisotopic (exact) mass is 553 g/mol. The number of hydrogen-bond donors (Lipinski definition) is 1. The van der Waals surface area contributed by atoms with Crippen LogP contribution >= 0.6 is 0 Å². The average Bonchev–Trinajstić information content (AvgIpc) is 2.90. The van der Waals surface area contributed by atoms with Gasteiger partial charge in [0, 0.05) is 17.7 Å². The maximum absolute atomic E-state index is 12.6. The zero-order valence-corrected chi connectivity index (χ0v) is 25.5. The Labute approximate surface area is 239 Å². The van der Waals surface area contributed by atoms with Crippen LogP contribution in [0.5, 0.6) is 0 Å². The number of hydrogen-bond acceptors (Lipinski definition) is 3. The molecule has 6 heteroatoms. The fourth-order valence-electron chi connectivity index (χ4n) is 5.08. The Morgan fingerprint density at radius 3 is 1.80 bits per heavy atom. The molecule has 0 saturated heterocycles. The third kappa shape index (κ3) is 7.06. The minimum absolute atomic E-state index is 0.146. The minimum Gasteiger partial charge on any atom is -0.444 e. The number of benzene rings is 3. The highest BCUT2D eigenvalue weighted by Crippen LogP contribution is 2.37. The Bertz CT molecular complexity index is 1360. The van der Waals surface area contributed by atoms with Gasteiger partial charge >= 0.3 is 6.09 Å². The second-order valence-electron chi connectivity index (χ2n) is 12.1. The van der Waals surface area contributed by atoms with E-state index in [4.69, 9.17) is 9.16 Å². The molecule has 0 aliphatic heterocycles. The smallest absolute Gasteiger partial charge is 0.412 e. The lowest BCUT2D eigenvalue weighted by atomic mass is 10.2. The van der Waals surface area contributed by atoms with Gasteiger partial charge in [0.2, 0.25) is 5.69 Å². The van der Waals surface area contributed by atoms with Gasteiger partial charge in [-0.2, -0.15) is 4.57 Å². The SMILES string of the molecule is CC(C)(C)OC(=O)Nc1cc[n+](Cc2ccccc2)c(CO[Si](c2ccccc2)(c2ccccc2)C(C)(C)C)c1. The first-order valence-electron chi connectivity index (χ1n) is 13.8. The summed E-state index contributed by atoms with van der Waals surface area (Å²) in [5, 5.41) is 5.21. The van der Waals surface area contributed by atoms with Crippen LogP contribution in [0.2, 0.25) is 5.04 Å². The number of carbonyl (C=O) groups is 1. The van der Waals surface area contributed by atoms with Crippen molar-refractivity contribution in [2.75, 3.05) is 5.32 Å². The van der Waals surface area contributed by atoms with E-state index in [1.165, 1.54) is 15.9 Å². The zero-order chi connectivity index (χ0) is 28.8. The quantitative estimate of drug-likeness (QED) is 0.202. The van der Waals surface area contributed by atoms with Crippen molar-refractivity contribution in [1.29, 1.82) is 0 Å². The van der Waals surface area contributed by atoms with E-state index in [2.05, 4.69) is 103 Å². The molecule has 0 unspecified atom stereocenters. The second kappa shape index (κ2) is 12.2. The van der Waals surface area contributed by atoms with Gasteiger partial charge in [-0.3, -0.25) is 5.32 Å². The third-order valence-corrected chi connectivity index (χ3v) is 11.8. The van der Waals surface area contributed by atoms with Gasteiger partial charge in [0.05, 0.1) is 5.69 Å². The molecule has 208 valence electrons. The van der Waals surface area contributed by atoms with Crippen LogP contribution in [0.25, 0.3) is 0 Å². The lowest BCUT2D eigenvalue weighted by molar-refractivity contribution is -0.697. The summed E-state index contributed by atoms with van der Waals surface area (Å²) in [7, 11) is -2.75. The fraction of sp³-hybridized carbons (Fsp3) is 0.294. The van der Waals surface area contributed by atoms with Crippen molar-refractivity contribution in [3.8, 4) is 0 Å². The Balaban J connectivity index is 1.76. The molecule has 1 amide bonds. The molecule has 0 atom stereocenters. The van der Waals surface area contributed by atoms with E-state index in [1.807, 2.05) is 57.3 Å². The van der Waals surface area contributed by atoms with Crippen LogP contribution < -0.4 is 20.3 Å². The molecule has 1 aromatic heterocycles. The highest BCUT2D eigenvalue weighted by molar-refractivity contribution is 6.99. The van der Waals surface area contributed by atoms with Crippen molar-refractivity contribution < 1.29 is 18.5 Å². The number of anilines is 1. The van der Waals surface area contributed by atoms with Crippen molar-refractivity contribution in [2.45, 2.75) is 65.3 Å². The molecule has 4 rings (SSSR count). The average molecular weight is 554 g/mol. The number of nitrogens with zero attached hydrogens (tertiary/aromatic N) is 1. The maximum atomic E-state index is 12.6. The Morgan fingerprint density at radius 2 is 1.30 bits per heavy atom. The number of amides is 1. The van der Waals surface area contributed by atoms with Gasteiger partial charge in [0.25, 0.3) is 8.32 Å². The van der Waals surface area contributed by atoms with Crippen LogP contribution in [0, 0.1) is 0 Å². The predicted molar refractivity (Wildman–Crippen MR) is 164 cm³/mol. The zero-order valence-electron chi connectivity index (χ0n) is 24.5. The summed E-state index contributed by atoms with van der Waals surface area (Å²) in [4.78, 5) is 12.6. The van der Waals surface area contributed by atoms with Crippen LogP contribution in [0.4, 0.5) is 10.5 Å². The van der Waals surface area contributed by atoms with E-state index in [1.54, 1.807) is 0 Å². The maximum Gasteiger partial charge on any atom is 0.412 e.